The Labute approximate surface area is 140 Å². The predicted octanol–water partition coefficient (Wildman–Crippen LogP) is 2.32. The van der Waals surface area contributed by atoms with E-state index in [9.17, 15) is 23.6 Å². The van der Waals surface area contributed by atoms with Crippen molar-refractivity contribution in [2.45, 2.75) is 17.4 Å². The van der Waals surface area contributed by atoms with Crippen LogP contribution in [0.5, 0.6) is 0 Å². The summed E-state index contributed by atoms with van der Waals surface area (Å²) in [7, 11) is -3.75. The number of nitro groups is 1. The van der Waals surface area contributed by atoms with Crippen molar-refractivity contribution < 1.29 is 18.4 Å². The normalized spacial score (nSPS) is 14.0. The summed E-state index contributed by atoms with van der Waals surface area (Å²) in [6, 6.07) is 12.7. The predicted molar refractivity (Wildman–Crippen MR) is 90.7 cm³/mol. The van der Waals surface area contributed by atoms with Gasteiger partial charge >= 0.3 is 0 Å². The van der Waals surface area contributed by atoms with Crippen LogP contribution in [-0.2, 0) is 15.4 Å². The van der Waals surface area contributed by atoms with E-state index in [4.69, 9.17) is 0 Å². The van der Waals surface area contributed by atoms with Crippen LogP contribution in [0.2, 0.25) is 0 Å². The molecule has 8 heteroatoms. The minimum Gasteiger partial charge on any atom is -0.384 e. The molecule has 0 fully saturated rings. The Balaban J connectivity index is 2.27. The third kappa shape index (κ3) is 4.09. The first kappa shape index (κ1) is 17.9. The summed E-state index contributed by atoms with van der Waals surface area (Å²) in [5.41, 5.74) is -0.591. The zero-order chi connectivity index (χ0) is 18.0. The van der Waals surface area contributed by atoms with Crippen molar-refractivity contribution in [3.05, 3.63) is 64.2 Å². The Morgan fingerprint density at radius 2 is 1.83 bits per heavy atom. The molecule has 7 nitrogen and oxygen atoms in total. The number of nitro benzene ring substituents is 1. The molecule has 0 saturated carbocycles. The van der Waals surface area contributed by atoms with Gasteiger partial charge < -0.3 is 10.4 Å². The lowest BCUT2D eigenvalue weighted by Gasteiger charge is -2.25. The Morgan fingerprint density at radius 1 is 1.21 bits per heavy atom. The molecule has 0 radical (unpaired) electrons. The monoisotopic (exact) mass is 350 g/mol. The maximum Gasteiger partial charge on any atom is 0.288 e. The number of sulfone groups is 1. The van der Waals surface area contributed by atoms with Gasteiger partial charge in [-0.1, -0.05) is 30.3 Å². The van der Waals surface area contributed by atoms with Crippen LogP contribution in [0.1, 0.15) is 12.5 Å². The van der Waals surface area contributed by atoms with Gasteiger partial charge in [0.1, 0.15) is 10.5 Å². The van der Waals surface area contributed by atoms with Crippen LogP contribution < -0.4 is 5.32 Å². The molecule has 0 heterocycles. The zero-order valence-corrected chi connectivity index (χ0v) is 14.1. The van der Waals surface area contributed by atoms with Crippen LogP contribution >= 0.6 is 0 Å². The summed E-state index contributed by atoms with van der Waals surface area (Å²) >= 11 is 0. The van der Waals surface area contributed by atoms with Gasteiger partial charge in [0, 0.05) is 24.6 Å². The van der Waals surface area contributed by atoms with E-state index in [0.29, 0.717) is 11.3 Å². The first-order valence-electron chi connectivity index (χ1n) is 7.11. The molecule has 2 N–H and O–H groups in total. The fourth-order valence-electron chi connectivity index (χ4n) is 2.25. The number of aliphatic hydroxyl groups is 1. The number of rotatable bonds is 6. The van der Waals surface area contributed by atoms with Crippen molar-refractivity contribution >= 4 is 21.2 Å². The zero-order valence-electron chi connectivity index (χ0n) is 13.3. The van der Waals surface area contributed by atoms with Crippen LogP contribution in [0.25, 0.3) is 0 Å². The lowest BCUT2D eigenvalue weighted by atomic mass is 9.96. The van der Waals surface area contributed by atoms with E-state index in [1.165, 1.54) is 12.1 Å². The third-order valence-corrected chi connectivity index (χ3v) is 4.71. The highest BCUT2D eigenvalue weighted by molar-refractivity contribution is 7.90. The van der Waals surface area contributed by atoms with Crippen LogP contribution in [0.15, 0.2) is 53.4 Å². The van der Waals surface area contributed by atoms with Crippen LogP contribution in [-0.4, -0.2) is 31.2 Å². The topological polar surface area (TPSA) is 110 Å². The molecule has 128 valence electrons. The molecular formula is C16H18N2O5S. The van der Waals surface area contributed by atoms with E-state index in [1.54, 1.807) is 31.2 Å². The Morgan fingerprint density at radius 3 is 2.38 bits per heavy atom. The average molecular weight is 350 g/mol. The van der Waals surface area contributed by atoms with Crippen molar-refractivity contribution in [2.75, 3.05) is 18.1 Å². The Bertz CT molecular complexity index is 848. The largest absolute Gasteiger partial charge is 0.384 e. The SMILES string of the molecule is CC(O)(CNc1ccc([N+](=O)[O-])c(S(C)(=O)=O)c1)c1ccccc1. The molecule has 1 unspecified atom stereocenters. The summed E-state index contributed by atoms with van der Waals surface area (Å²) in [6.45, 7) is 1.73. The van der Waals surface area contributed by atoms with Gasteiger partial charge in [-0.25, -0.2) is 8.42 Å². The van der Waals surface area contributed by atoms with Gasteiger partial charge in [0.05, 0.1) is 4.92 Å². The smallest absolute Gasteiger partial charge is 0.288 e. The number of nitrogens with one attached hydrogen (secondary N) is 1. The molecule has 0 aliphatic rings. The Hall–Kier alpha value is -2.45. The average Bonchev–Trinajstić information content (AvgIpc) is 2.52. The molecule has 0 saturated heterocycles. The second-order valence-electron chi connectivity index (χ2n) is 5.71. The molecule has 0 aliphatic heterocycles. The molecular weight excluding hydrogens is 332 g/mol. The third-order valence-electron chi connectivity index (χ3n) is 3.59. The second kappa shape index (κ2) is 6.58. The van der Waals surface area contributed by atoms with E-state index in [2.05, 4.69) is 5.32 Å². The Kier molecular flexibility index (Phi) is 4.91. The number of nitrogens with zero attached hydrogens (tertiary/aromatic N) is 1. The fraction of sp³-hybridized carbons (Fsp3) is 0.250. The fourth-order valence-corrected chi connectivity index (χ4v) is 3.11. The van der Waals surface area contributed by atoms with Gasteiger partial charge in [-0.05, 0) is 24.6 Å². The van der Waals surface area contributed by atoms with Crippen molar-refractivity contribution in [2.24, 2.45) is 0 Å². The highest BCUT2D eigenvalue weighted by Crippen LogP contribution is 2.28. The minimum absolute atomic E-state index is 0.109. The van der Waals surface area contributed by atoms with E-state index in [1.807, 2.05) is 6.07 Å². The molecule has 0 spiro atoms. The molecule has 0 bridgehead atoms. The number of anilines is 1. The maximum atomic E-state index is 11.8. The van der Waals surface area contributed by atoms with Gasteiger partial charge in [-0.3, -0.25) is 10.1 Å². The first-order chi connectivity index (χ1) is 11.1. The van der Waals surface area contributed by atoms with Crippen molar-refractivity contribution in [1.82, 2.24) is 0 Å². The summed E-state index contributed by atoms with van der Waals surface area (Å²) in [4.78, 5) is 9.86. The van der Waals surface area contributed by atoms with Gasteiger partial charge in [-0.15, -0.1) is 0 Å². The van der Waals surface area contributed by atoms with Crippen molar-refractivity contribution in [3.63, 3.8) is 0 Å². The molecule has 0 amide bonds. The molecule has 0 aromatic heterocycles. The van der Waals surface area contributed by atoms with Crippen LogP contribution in [0.3, 0.4) is 0 Å². The number of hydrogen-bond donors (Lipinski definition) is 2. The van der Waals surface area contributed by atoms with E-state index in [-0.39, 0.29) is 11.4 Å². The van der Waals surface area contributed by atoms with Gasteiger partial charge in [-0.2, -0.15) is 0 Å². The maximum absolute atomic E-state index is 11.8. The molecule has 2 aromatic carbocycles. The summed E-state index contributed by atoms with van der Waals surface area (Å²) in [6.07, 6.45) is 0.916. The quantitative estimate of drug-likeness (QED) is 0.611. The lowest BCUT2D eigenvalue weighted by molar-refractivity contribution is -0.387. The minimum atomic E-state index is -3.75. The van der Waals surface area contributed by atoms with Gasteiger partial charge in [0.25, 0.3) is 5.69 Å². The van der Waals surface area contributed by atoms with Crippen molar-refractivity contribution in [3.8, 4) is 0 Å². The van der Waals surface area contributed by atoms with Crippen molar-refractivity contribution in [1.29, 1.82) is 0 Å². The molecule has 2 rings (SSSR count). The molecule has 24 heavy (non-hydrogen) atoms. The summed E-state index contributed by atoms with van der Waals surface area (Å²) in [5, 5.41) is 24.4. The van der Waals surface area contributed by atoms with Crippen LogP contribution in [0.4, 0.5) is 11.4 Å². The standard InChI is InChI=1S/C16H18N2O5S/c1-16(19,12-6-4-3-5-7-12)11-17-13-8-9-14(18(20)21)15(10-13)24(2,22)23/h3-10,17,19H,11H2,1-2H3. The molecule has 2 aromatic rings. The van der Waals surface area contributed by atoms with E-state index >= 15 is 0 Å². The van der Waals surface area contributed by atoms with E-state index < -0.39 is 26.0 Å². The summed E-state index contributed by atoms with van der Waals surface area (Å²) in [5.74, 6) is 0. The highest BCUT2D eigenvalue weighted by atomic mass is 32.2. The lowest BCUT2D eigenvalue weighted by Crippen LogP contribution is -2.30. The van der Waals surface area contributed by atoms with Crippen LogP contribution in [0, 0.1) is 10.1 Å². The van der Waals surface area contributed by atoms with E-state index in [0.717, 1.165) is 12.3 Å². The number of hydrogen-bond acceptors (Lipinski definition) is 6. The second-order valence-corrected chi connectivity index (χ2v) is 7.69. The van der Waals surface area contributed by atoms with Gasteiger partial charge in [0.2, 0.25) is 0 Å². The first-order valence-corrected chi connectivity index (χ1v) is 9.01. The highest BCUT2D eigenvalue weighted by Gasteiger charge is 2.25. The number of benzene rings is 2. The molecule has 1 atom stereocenters. The molecule has 0 aliphatic carbocycles. The van der Waals surface area contributed by atoms with Gasteiger partial charge in [0.15, 0.2) is 9.84 Å². The summed E-state index contributed by atoms with van der Waals surface area (Å²) < 4.78 is 23.5.